The largest absolute Gasteiger partial charge is 0.472 e. The molecule has 0 aliphatic rings. The van der Waals surface area contributed by atoms with Crippen LogP contribution in [-0.2, 0) is 23.2 Å². The summed E-state index contributed by atoms with van der Waals surface area (Å²) < 4.78 is 23.3. The van der Waals surface area contributed by atoms with Gasteiger partial charge < -0.3 is 34.7 Å². The second kappa shape index (κ2) is 29.3. The monoisotopic (exact) mass is 745 g/mol. The molecule has 5 N–H and O–H groups in total. The van der Waals surface area contributed by atoms with Crippen LogP contribution in [0, 0.1) is 0 Å². The van der Waals surface area contributed by atoms with E-state index < -0.39 is 33.2 Å². The van der Waals surface area contributed by atoms with Crippen molar-refractivity contribution in [1.82, 2.24) is 10.6 Å². The number of aliphatic hydroxyl groups excluding tert-OH is 2. The van der Waals surface area contributed by atoms with E-state index in [0.717, 1.165) is 25.7 Å². The quantitative estimate of drug-likeness (QED) is 0.0274. The van der Waals surface area contributed by atoms with Gasteiger partial charge in [-0.2, -0.15) is 0 Å². The number of carbonyl (C=O) groups is 2. The van der Waals surface area contributed by atoms with Crippen LogP contribution in [0.5, 0.6) is 0 Å². The Balaban J connectivity index is 4.22. The zero-order chi connectivity index (χ0) is 38.4. The van der Waals surface area contributed by atoms with E-state index >= 15 is 0 Å². The number of phosphoric acid groups is 1. The minimum absolute atomic E-state index is 0.0346. The smallest absolute Gasteiger partial charge is 0.385 e. The second-order valence-corrected chi connectivity index (χ2v) is 16.0. The number of rotatable bonds is 32. The highest BCUT2D eigenvalue weighted by atomic mass is 31.2. The maximum atomic E-state index is 12.4. The van der Waals surface area contributed by atoms with Crippen LogP contribution in [0.3, 0.4) is 0 Å². The molecule has 0 aliphatic heterocycles. The van der Waals surface area contributed by atoms with Crippen LogP contribution in [0.2, 0.25) is 0 Å². The lowest BCUT2D eigenvalue weighted by molar-refractivity contribution is -0.893. The molecule has 0 heterocycles. The van der Waals surface area contributed by atoms with Gasteiger partial charge in [0.15, 0.2) is 0 Å². The molecule has 0 aromatic rings. The van der Waals surface area contributed by atoms with Gasteiger partial charge in [0.1, 0.15) is 25.3 Å². The first-order valence-electron chi connectivity index (χ1n) is 18.9. The molecule has 13 heteroatoms. The molecular formula is C38H73N4O8P+2. The Bertz CT molecular complexity index is 1010. The van der Waals surface area contributed by atoms with E-state index in [2.05, 4.69) is 48.8 Å². The Morgan fingerprint density at radius 2 is 1.02 bits per heavy atom. The summed E-state index contributed by atoms with van der Waals surface area (Å²) in [6, 6.07) is 0. The number of aliphatic hydroxyl groups is 2. The SMILES string of the molecule is CCCCC=CCC=CCC(=O)NCCC[N+](C)(C)CC(O)COP(=O)(O)OCC(O)C[N+](C)(C)CCCNC(=O)CC=CCC=CCCCC. The van der Waals surface area contributed by atoms with Crippen LogP contribution in [-0.4, -0.2) is 129 Å². The van der Waals surface area contributed by atoms with Gasteiger partial charge in [-0.3, -0.25) is 18.6 Å². The molecular weight excluding hydrogens is 671 g/mol. The summed E-state index contributed by atoms with van der Waals surface area (Å²) in [5.74, 6) is -0.0693. The van der Waals surface area contributed by atoms with Gasteiger partial charge >= 0.3 is 7.82 Å². The number of likely N-dealkylation sites (N-methyl/N-ethyl adjacent to an activating group) is 2. The molecule has 0 saturated carbocycles. The Labute approximate surface area is 309 Å². The van der Waals surface area contributed by atoms with Crippen molar-refractivity contribution < 1.29 is 47.3 Å². The topological polar surface area (TPSA) is 154 Å². The fourth-order valence-electron chi connectivity index (χ4n) is 5.24. The van der Waals surface area contributed by atoms with E-state index in [-0.39, 0.29) is 24.9 Å². The van der Waals surface area contributed by atoms with Gasteiger partial charge in [-0.25, -0.2) is 4.57 Å². The number of unbranched alkanes of at least 4 members (excludes halogenated alkanes) is 4. The van der Waals surface area contributed by atoms with Crippen molar-refractivity contribution in [2.24, 2.45) is 0 Å². The third-order valence-electron chi connectivity index (χ3n) is 8.06. The summed E-state index contributed by atoms with van der Waals surface area (Å²) in [5, 5.41) is 26.7. The Hall–Kier alpha value is -2.15. The molecule has 0 saturated heterocycles. The van der Waals surface area contributed by atoms with Gasteiger partial charge in [0.05, 0.1) is 54.5 Å². The zero-order valence-electron chi connectivity index (χ0n) is 32.6. The summed E-state index contributed by atoms with van der Waals surface area (Å²) in [7, 11) is 3.21. The molecule has 12 nitrogen and oxygen atoms in total. The van der Waals surface area contributed by atoms with Gasteiger partial charge in [0, 0.05) is 38.8 Å². The summed E-state index contributed by atoms with van der Waals surface area (Å²) in [6.45, 7) is 6.44. The number of amides is 2. The summed E-state index contributed by atoms with van der Waals surface area (Å²) in [5.41, 5.74) is 0. The lowest BCUT2D eigenvalue weighted by Crippen LogP contribution is -2.48. The normalized spacial score (nSPS) is 15.2. The van der Waals surface area contributed by atoms with Gasteiger partial charge in [-0.05, 0) is 25.7 Å². The summed E-state index contributed by atoms with van der Waals surface area (Å²) in [4.78, 5) is 34.2. The number of hydrogen-bond acceptors (Lipinski definition) is 7. The van der Waals surface area contributed by atoms with Crippen LogP contribution in [0.4, 0.5) is 0 Å². The Morgan fingerprint density at radius 1 is 0.647 bits per heavy atom. The minimum atomic E-state index is -4.49. The first kappa shape index (κ1) is 48.9. The number of carbonyl (C=O) groups excluding carboxylic acids is 2. The summed E-state index contributed by atoms with van der Waals surface area (Å²) >= 11 is 0. The predicted molar refractivity (Wildman–Crippen MR) is 207 cm³/mol. The number of hydrogen-bond donors (Lipinski definition) is 5. The van der Waals surface area contributed by atoms with Crippen molar-refractivity contribution in [3.05, 3.63) is 48.6 Å². The van der Waals surface area contributed by atoms with Crippen molar-refractivity contribution >= 4 is 19.6 Å². The van der Waals surface area contributed by atoms with Crippen LogP contribution >= 0.6 is 7.82 Å². The van der Waals surface area contributed by atoms with Gasteiger partial charge in [-0.15, -0.1) is 0 Å². The lowest BCUT2D eigenvalue weighted by atomic mass is 10.2. The second-order valence-electron chi connectivity index (χ2n) is 14.5. The maximum Gasteiger partial charge on any atom is 0.472 e. The molecule has 0 aromatic heterocycles. The van der Waals surface area contributed by atoms with Crippen LogP contribution in [0.15, 0.2) is 48.6 Å². The number of quaternary nitrogens is 2. The van der Waals surface area contributed by atoms with Crippen molar-refractivity contribution in [1.29, 1.82) is 0 Å². The van der Waals surface area contributed by atoms with E-state index in [1.807, 2.05) is 52.5 Å². The fourth-order valence-corrected chi connectivity index (χ4v) is 6.04. The molecule has 0 aromatic carbocycles. The molecule has 0 aliphatic carbocycles. The Kier molecular flexibility index (Phi) is 28.1. The maximum absolute atomic E-state index is 12.4. The standard InChI is InChI=1S/C38H71N4O8P/c1-7-9-11-13-15-17-19-21-25-37(45)39-27-23-29-41(3,4)31-35(43)33-49-51(47,48)50-34-36(44)32-42(5,6)30-24-28-40-38(46)26-22-20-18-16-14-12-10-8-2/h13-16,19-22,35-36,43-44H,7-12,17-18,23-34H2,1-6H3,(H-2,39,40,45,46,47,48)/p+2. The highest BCUT2D eigenvalue weighted by molar-refractivity contribution is 7.47. The lowest BCUT2D eigenvalue weighted by Gasteiger charge is -2.32. The van der Waals surface area contributed by atoms with Crippen LogP contribution in [0.1, 0.15) is 90.9 Å². The molecule has 2 amide bonds. The average Bonchev–Trinajstić information content (AvgIpc) is 3.05. The van der Waals surface area contributed by atoms with Crippen LogP contribution < -0.4 is 10.6 Å². The third kappa shape index (κ3) is 32.2. The van der Waals surface area contributed by atoms with Crippen molar-refractivity contribution in [3.8, 4) is 0 Å². The van der Waals surface area contributed by atoms with Gasteiger partial charge in [0.25, 0.3) is 0 Å². The number of phosphoric ester groups is 1. The molecule has 296 valence electrons. The number of nitrogens with zero attached hydrogens (tertiary/aromatic N) is 2. The summed E-state index contributed by atoms with van der Waals surface area (Å²) in [6.07, 6.45) is 25.0. The fraction of sp³-hybridized carbons (Fsp3) is 0.737. The molecule has 2 atom stereocenters. The van der Waals surface area contributed by atoms with Gasteiger partial charge in [-0.1, -0.05) is 88.1 Å². The van der Waals surface area contributed by atoms with E-state index in [1.54, 1.807) is 0 Å². The van der Waals surface area contributed by atoms with E-state index in [1.165, 1.54) is 25.7 Å². The van der Waals surface area contributed by atoms with E-state index in [0.29, 0.717) is 60.8 Å². The number of nitrogens with one attached hydrogen (secondary N) is 2. The molecule has 0 fully saturated rings. The molecule has 0 spiro atoms. The molecule has 0 bridgehead atoms. The first-order valence-corrected chi connectivity index (χ1v) is 20.4. The molecule has 0 radical (unpaired) electrons. The van der Waals surface area contributed by atoms with Crippen molar-refractivity contribution in [2.45, 2.75) is 103 Å². The Morgan fingerprint density at radius 3 is 1.39 bits per heavy atom. The van der Waals surface area contributed by atoms with E-state index in [4.69, 9.17) is 9.05 Å². The number of allylic oxidation sites excluding steroid dienone is 6. The van der Waals surface area contributed by atoms with Crippen molar-refractivity contribution in [3.63, 3.8) is 0 Å². The third-order valence-corrected chi connectivity index (χ3v) is 9.01. The molecule has 2 unspecified atom stereocenters. The highest BCUT2D eigenvalue weighted by Gasteiger charge is 2.29. The van der Waals surface area contributed by atoms with Gasteiger partial charge in [0.2, 0.25) is 11.8 Å². The predicted octanol–water partition coefficient (Wildman–Crippen LogP) is 5.17. The zero-order valence-corrected chi connectivity index (χ0v) is 33.5. The highest BCUT2D eigenvalue weighted by Crippen LogP contribution is 2.43. The van der Waals surface area contributed by atoms with E-state index in [9.17, 15) is 29.3 Å². The van der Waals surface area contributed by atoms with Crippen LogP contribution in [0.25, 0.3) is 0 Å². The minimum Gasteiger partial charge on any atom is -0.385 e. The molecule has 51 heavy (non-hydrogen) atoms. The molecule has 0 rings (SSSR count). The average molecular weight is 745 g/mol. The van der Waals surface area contributed by atoms with Crippen molar-refractivity contribution in [2.75, 3.05) is 80.7 Å². The first-order chi connectivity index (χ1) is 24.1.